The highest BCUT2D eigenvalue weighted by Gasteiger charge is 2.25. The smallest absolute Gasteiger partial charge is 0.287 e. The molecule has 0 saturated carbocycles. The topological polar surface area (TPSA) is 101 Å². The Kier molecular flexibility index (Phi) is 3.88. The van der Waals surface area contributed by atoms with Crippen LogP contribution >= 0.6 is 0 Å². The fourth-order valence-corrected chi connectivity index (χ4v) is 1.89. The molecule has 0 fully saturated rings. The second-order valence-electron chi connectivity index (χ2n) is 5.70. The van der Waals surface area contributed by atoms with E-state index in [1.54, 1.807) is 19.9 Å². The van der Waals surface area contributed by atoms with Crippen LogP contribution in [0.15, 0.2) is 33.8 Å². The number of rotatable bonds is 4. The van der Waals surface area contributed by atoms with E-state index in [1.165, 1.54) is 0 Å². The average Bonchev–Trinajstić information content (AvgIpc) is 2.86. The Morgan fingerprint density at radius 2 is 2.14 bits per heavy atom. The zero-order valence-electron chi connectivity index (χ0n) is 12.3. The van der Waals surface area contributed by atoms with Crippen molar-refractivity contribution in [1.29, 1.82) is 0 Å². The third kappa shape index (κ3) is 3.16. The summed E-state index contributed by atoms with van der Waals surface area (Å²) in [6, 6.07) is 7.42. The minimum absolute atomic E-state index is 0.0584. The zero-order valence-corrected chi connectivity index (χ0v) is 12.3. The van der Waals surface area contributed by atoms with E-state index in [2.05, 4.69) is 10.5 Å². The molecule has 4 N–H and O–H groups in total. The molecule has 2 rings (SSSR count). The highest BCUT2D eigenvalue weighted by Crippen LogP contribution is 2.21. The summed E-state index contributed by atoms with van der Waals surface area (Å²) < 4.78 is 5.51. The largest absolute Gasteiger partial charge is 0.451 e. The van der Waals surface area contributed by atoms with E-state index < -0.39 is 5.41 Å². The quantitative estimate of drug-likeness (QED) is 0.348. The van der Waals surface area contributed by atoms with Gasteiger partial charge in [-0.1, -0.05) is 30.6 Å². The van der Waals surface area contributed by atoms with E-state index in [1.807, 2.05) is 25.1 Å². The van der Waals surface area contributed by atoms with E-state index in [0.717, 1.165) is 10.9 Å². The molecule has 0 saturated heterocycles. The predicted molar refractivity (Wildman–Crippen MR) is 80.5 cm³/mol. The van der Waals surface area contributed by atoms with Crippen molar-refractivity contribution in [2.45, 2.75) is 20.8 Å². The number of fused-ring (bicyclic) bond motifs is 1. The number of nitrogens with one attached hydrogen (secondary N) is 1. The van der Waals surface area contributed by atoms with Crippen LogP contribution in [0.2, 0.25) is 0 Å². The van der Waals surface area contributed by atoms with Crippen LogP contribution in [0, 0.1) is 12.3 Å². The summed E-state index contributed by atoms with van der Waals surface area (Å²) in [6.45, 7) is 5.75. The molecular weight excluding hydrogens is 270 g/mol. The van der Waals surface area contributed by atoms with Gasteiger partial charge in [0, 0.05) is 17.3 Å². The Morgan fingerprint density at radius 3 is 2.81 bits per heavy atom. The second kappa shape index (κ2) is 5.47. The molecule has 112 valence electrons. The van der Waals surface area contributed by atoms with Gasteiger partial charge >= 0.3 is 0 Å². The first-order valence-electron chi connectivity index (χ1n) is 6.60. The van der Waals surface area contributed by atoms with Gasteiger partial charge in [-0.2, -0.15) is 0 Å². The van der Waals surface area contributed by atoms with E-state index in [0.29, 0.717) is 5.58 Å². The van der Waals surface area contributed by atoms with Crippen molar-refractivity contribution in [3.8, 4) is 0 Å². The summed E-state index contributed by atoms with van der Waals surface area (Å²) in [7, 11) is 0. The monoisotopic (exact) mass is 289 g/mol. The number of amidine groups is 1. The van der Waals surface area contributed by atoms with Gasteiger partial charge in [-0.15, -0.1) is 0 Å². The third-order valence-electron chi connectivity index (χ3n) is 3.39. The van der Waals surface area contributed by atoms with Crippen molar-refractivity contribution in [2.75, 3.05) is 6.54 Å². The number of benzene rings is 1. The normalized spacial score (nSPS) is 12.6. The van der Waals surface area contributed by atoms with Crippen LogP contribution in [0.1, 0.15) is 30.0 Å². The highest BCUT2D eigenvalue weighted by atomic mass is 16.4. The molecule has 1 aromatic carbocycles. The molecule has 21 heavy (non-hydrogen) atoms. The summed E-state index contributed by atoms with van der Waals surface area (Å²) in [6.07, 6.45) is 0. The van der Waals surface area contributed by atoms with E-state index in [9.17, 15) is 4.79 Å². The fourth-order valence-electron chi connectivity index (χ4n) is 1.89. The molecule has 1 heterocycles. The van der Waals surface area contributed by atoms with Gasteiger partial charge in [0.25, 0.3) is 5.91 Å². The number of oxime groups is 1. The number of nitrogens with two attached hydrogens (primary N) is 1. The van der Waals surface area contributed by atoms with E-state index in [4.69, 9.17) is 15.4 Å². The molecule has 0 aliphatic carbocycles. The van der Waals surface area contributed by atoms with Gasteiger partial charge in [-0.05, 0) is 25.1 Å². The van der Waals surface area contributed by atoms with Gasteiger partial charge in [0.2, 0.25) is 0 Å². The number of carbonyl (C=O) groups is 1. The first-order chi connectivity index (χ1) is 9.83. The van der Waals surface area contributed by atoms with Crippen LogP contribution in [0.3, 0.4) is 0 Å². The Morgan fingerprint density at radius 1 is 1.43 bits per heavy atom. The lowest BCUT2D eigenvalue weighted by atomic mass is 9.92. The lowest BCUT2D eigenvalue weighted by Gasteiger charge is -2.22. The van der Waals surface area contributed by atoms with Crippen LogP contribution < -0.4 is 11.1 Å². The minimum atomic E-state index is -0.646. The molecule has 0 unspecified atom stereocenters. The Labute approximate surface area is 122 Å². The summed E-state index contributed by atoms with van der Waals surface area (Å²) >= 11 is 0. The Balaban J connectivity index is 2.12. The molecule has 6 nitrogen and oxygen atoms in total. The standard InChI is InChI=1S/C15H19N3O3/c1-9-4-5-11-10(6-9)7-12(21-11)13(19)17-8-15(2,3)14(16)18-20/h4-7,20H,8H2,1-3H3,(H2,16,18)(H,17,19). The molecule has 1 aromatic heterocycles. The number of hydrogen-bond acceptors (Lipinski definition) is 4. The maximum Gasteiger partial charge on any atom is 0.287 e. The van der Waals surface area contributed by atoms with Crippen LogP contribution in [0.25, 0.3) is 11.0 Å². The average molecular weight is 289 g/mol. The summed E-state index contributed by atoms with van der Waals surface area (Å²) in [5.74, 6) is -0.0309. The van der Waals surface area contributed by atoms with Gasteiger partial charge in [0.1, 0.15) is 11.4 Å². The maximum absolute atomic E-state index is 12.1. The number of furan rings is 1. The molecule has 2 aromatic rings. The van der Waals surface area contributed by atoms with Crippen LogP contribution in [-0.2, 0) is 0 Å². The SMILES string of the molecule is Cc1ccc2oc(C(=O)NCC(C)(C)/C(N)=N/O)cc2c1. The first kappa shape index (κ1) is 14.9. The highest BCUT2D eigenvalue weighted by molar-refractivity contribution is 5.96. The molecule has 1 amide bonds. The number of carbonyl (C=O) groups excluding carboxylic acids is 1. The summed E-state index contributed by atoms with van der Waals surface area (Å²) in [4.78, 5) is 12.1. The number of nitrogens with zero attached hydrogens (tertiary/aromatic N) is 1. The van der Waals surface area contributed by atoms with Gasteiger partial charge in [0.15, 0.2) is 5.76 Å². The molecule has 0 aliphatic heterocycles. The van der Waals surface area contributed by atoms with Crippen molar-refractivity contribution in [3.05, 3.63) is 35.6 Å². The van der Waals surface area contributed by atoms with Crippen molar-refractivity contribution >= 4 is 22.7 Å². The Bertz CT molecular complexity index is 701. The van der Waals surface area contributed by atoms with Gasteiger partial charge in [-0.25, -0.2) is 0 Å². The van der Waals surface area contributed by atoms with Crippen molar-refractivity contribution in [2.24, 2.45) is 16.3 Å². The lowest BCUT2D eigenvalue weighted by molar-refractivity contribution is 0.0918. The predicted octanol–water partition coefficient (Wildman–Crippen LogP) is 2.24. The lowest BCUT2D eigenvalue weighted by Crippen LogP contribution is -2.42. The molecule has 0 atom stereocenters. The van der Waals surface area contributed by atoms with Gasteiger partial charge < -0.3 is 20.7 Å². The molecule has 6 heteroatoms. The summed E-state index contributed by atoms with van der Waals surface area (Å²) in [5.41, 5.74) is 6.70. The molecule has 0 bridgehead atoms. The molecular formula is C15H19N3O3. The number of hydrogen-bond donors (Lipinski definition) is 3. The van der Waals surface area contributed by atoms with Crippen molar-refractivity contribution in [1.82, 2.24) is 5.32 Å². The molecule has 0 spiro atoms. The summed E-state index contributed by atoms with van der Waals surface area (Å²) in [5, 5.41) is 15.3. The van der Waals surface area contributed by atoms with E-state index in [-0.39, 0.29) is 24.0 Å². The molecule has 0 radical (unpaired) electrons. The molecule has 0 aliphatic rings. The van der Waals surface area contributed by atoms with Crippen LogP contribution in [-0.4, -0.2) is 23.5 Å². The van der Waals surface area contributed by atoms with Crippen LogP contribution in [0.5, 0.6) is 0 Å². The number of aryl methyl sites for hydroxylation is 1. The van der Waals surface area contributed by atoms with Crippen LogP contribution in [0.4, 0.5) is 0 Å². The maximum atomic E-state index is 12.1. The van der Waals surface area contributed by atoms with Gasteiger partial charge in [0.05, 0.1) is 0 Å². The second-order valence-corrected chi connectivity index (χ2v) is 5.70. The fraction of sp³-hybridized carbons (Fsp3) is 0.333. The van der Waals surface area contributed by atoms with Crippen molar-refractivity contribution in [3.63, 3.8) is 0 Å². The van der Waals surface area contributed by atoms with Gasteiger partial charge in [-0.3, -0.25) is 4.79 Å². The van der Waals surface area contributed by atoms with Crippen molar-refractivity contribution < 1.29 is 14.4 Å². The van der Waals surface area contributed by atoms with E-state index >= 15 is 0 Å². The third-order valence-corrected chi connectivity index (χ3v) is 3.39. The first-order valence-corrected chi connectivity index (χ1v) is 6.60. The Hall–Kier alpha value is -2.50. The number of amides is 1. The zero-order chi connectivity index (χ0) is 15.6. The minimum Gasteiger partial charge on any atom is -0.451 e.